The van der Waals surface area contributed by atoms with E-state index in [0.29, 0.717) is 5.03 Å². The van der Waals surface area contributed by atoms with Crippen LogP contribution in [0.3, 0.4) is 0 Å². The maximum absolute atomic E-state index is 10.9. The number of rotatable bonds is 4. The van der Waals surface area contributed by atoms with Gasteiger partial charge in [-0.3, -0.25) is 0 Å². The molecule has 0 aliphatic heterocycles. The summed E-state index contributed by atoms with van der Waals surface area (Å²) in [7, 11) is 0. The first-order valence-corrected chi connectivity index (χ1v) is 6.07. The number of aryl methyl sites for hydroxylation is 1. The molecule has 0 spiro atoms. The molecule has 0 atom stereocenters. The minimum atomic E-state index is -1.22. The average Bonchev–Trinajstić information content (AvgIpc) is 2.30. The highest BCUT2D eigenvalue weighted by molar-refractivity contribution is 8.02. The largest absolute Gasteiger partial charge is 0.477 e. The van der Waals surface area contributed by atoms with Crippen LogP contribution in [0.25, 0.3) is 0 Å². The van der Waals surface area contributed by atoms with Crippen LogP contribution in [0.15, 0.2) is 34.9 Å². The standard InChI is InChI=1S/C12H12N2O2S/c1-8-5-3-4-6-10(8)14-11(17-2)9(7-13)12(15)16/h3-6,14H,1-2H3,(H,15,16)/b11-9-. The number of para-hydroxylation sites is 1. The second-order valence-electron chi connectivity index (χ2n) is 3.27. The molecule has 0 saturated carbocycles. The summed E-state index contributed by atoms with van der Waals surface area (Å²) < 4.78 is 0. The van der Waals surface area contributed by atoms with Crippen molar-refractivity contribution in [3.8, 4) is 6.07 Å². The number of hydrogen-bond donors (Lipinski definition) is 2. The number of benzene rings is 1. The molecular weight excluding hydrogens is 236 g/mol. The van der Waals surface area contributed by atoms with Gasteiger partial charge in [0.25, 0.3) is 0 Å². The summed E-state index contributed by atoms with van der Waals surface area (Å²) >= 11 is 1.20. The number of carboxylic acid groups (broad SMARTS) is 1. The monoisotopic (exact) mass is 248 g/mol. The molecule has 0 radical (unpaired) electrons. The summed E-state index contributed by atoms with van der Waals surface area (Å²) in [6, 6.07) is 9.18. The number of carboxylic acids is 1. The van der Waals surface area contributed by atoms with Crippen molar-refractivity contribution in [2.75, 3.05) is 11.6 Å². The van der Waals surface area contributed by atoms with Crippen LogP contribution in [-0.4, -0.2) is 17.3 Å². The van der Waals surface area contributed by atoms with Crippen molar-refractivity contribution in [2.24, 2.45) is 0 Å². The lowest BCUT2D eigenvalue weighted by Gasteiger charge is -2.11. The van der Waals surface area contributed by atoms with Gasteiger partial charge in [0.2, 0.25) is 0 Å². The Labute approximate surface area is 104 Å². The molecule has 0 heterocycles. The molecule has 0 fully saturated rings. The van der Waals surface area contributed by atoms with Crippen molar-refractivity contribution < 1.29 is 9.90 Å². The van der Waals surface area contributed by atoms with Gasteiger partial charge in [-0.15, -0.1) is 11.8 Å². The third kappa shape index (κ3) is 3.26. The zero-order valence-electron chi connectivity index (χ0n) is 9.52. The van der Waals surface area contributed by atoms with E-state index in [1.165, 1.54) is 11.8 Å². The van der Waals surface area contributed by atoms with Gasteiger partial charge in [-0.1, -0.05) is 18.2 Å². The molecule has 17 heavy (non-hydrogen) atoms. The number of anilines is 1. The maximum atomic E-state index is 10.9. The van der Waals surface area contributed by atoms with Crippen LogP contribution in [0.2, 0.25) is 0 Å². The Morgan fingerprint density at radius 2 is 2.12 bits per heavy atom. The predicted molar refractivity (Wildman–Crippen MR) is 68.6 cm³/mol. The first-order chi connectivity index (χ1) is 8.10. The van der Waals surface area contributed by atoms with Crippen molar-refractivity contribution in [2.45, 2.75) is 6.92 Å². The van der Waals surface area contributed by atoms with Gasteiger partial charge < -0.3 is 10.4 Å². The number of hydrogen-bond acceptors (Lipinski definition) is 4. The normalized spacial score (nSPS) is 11.4. The molecule has 1 rings (SSSR count). The molecule has 0 bridgehead atoms. The van der Waals surface area contributed by atoms with Crippen molar-refractivity contribution in [1.29, 1.82) is 5.26 Å². The Morgan fingerprint density at radius 3 is 2.59 bits per heavy atom. The number of aliphatic carboxylic acids is 1. The minimum absolute atomic E-state index is 0.277. The molecular formula is C12H12N2O2S. The van der Waals surface area contributed by atoms with Crippen LogP contribution >= 0.6 is 11.8 Å². The summed E-state index contributed by atoms with van der Waals surface area (Å²) in [5.41, 5.74) is 1.51. The number of nitrogens with zero attached hydrogens (tertiary/aromatic N) is 1. The molecule has 5 heteroatoms. The highest BCUT2D eigenvalue weighted by Crippen LogP contribution is 2.22. The molecule has 0 unspecified atom stereocenters. The fraction of sp³-hybridized carbons (Fsp3) is 0.167. The zero-order valence-corrected chi connectivity index (χ0v) is 10.3. The minimum Gasteiger partial charge on any atom is -0.477 e. The van der Waals surface area contributed by atoms with E-state index in [1.54, 1.807) is 12.3 Å². The van der Waals surface area contributed by atoms with Crippen LogP contribution in [0.4, 0.5) is 5.69 Å². The van der Waals surface area contributed by atoms with Gasteiger partial charge in [0.05, 0.1) is 5.03 Å². The highest BCUT2D eigenvalue weighted by Gasteiger charge is 2.14. The van der Waals surface area contributed by atoms with E-state index in [9.17, 15) is 4.79 Å². The maximum Gasteiger partial charge on any atom is 0.349 e. The van der Waals surface area contributed by atoms with Crippen molar-refractivity contribution >= 4 is 23.4 Å². The Hall–Kier alpha value is -1.93. The van der Waals surface area contributed by atoms with E-state index in [-0.39, 0.29) is 5.57 Å². The lowest BCUT2D eigenvalue weighted by atomic mass is 10.2. The first kappa shape index (κ1) is 13.1. The number of thioether (sulfide) groups is 1. The molecule has 0 saturated heterocycles. The van der Waals surface area contributed by atoms with E-state index in [1.807, 2.05) is 31.2 Å². The lowest BCUT2D eigenvalue weighted by molar-refractivity contribution is -0.132. The lowest BCUT2D eigenvalue weighted by Crippen LogP contribution is -2.07. The Balaban J connectivity index is 3.11. The molecule has 0 aromatic heterocycles. The summed E-state index contributed by atoms with van der Waals surface area (Å²) in [5, 5.41) is 21.0. The Bertz CT molecular complexity index is 503. The quantitative estimate of drug-likeness (QED) is 0.633. The smallest absolute Gasteiger partial charge is 0.349 e. The Kier molecular flexibility index (Phi) is 4.61. The summed E-state index contributed by atoms with van der Waals surface area (Å²) in [6.45, 7) is 1.91. The van der Waals surface area contributed by atoms with E-state index in [0.717, 1.165) is 11.3 Å². The van der Waals surface area contributed by atoms with Crippen LogP contribution in [-0.2, 0) is 4.79 Å². The van der Waals surface area contributed by atoms with E-state index < -0.39 is 5.97 Å². The fourth-order valence-corrected chi connectivity index (χ4v) is 1.80. The van der Waals surface area contributed by atoms with Gasteiger partial charge in [-0.2, -0.15) is 5.26 Å². The molecule has 2 N–H and O–H groups in total. The molecule has 1 aromatic carbocycles. The van der Waals surface area contributed by atoms with Crippen LogP contribution in [0.5, 0.6) is 0 Å². The third-order valence-electron chi connectivity index (χ3n) is 2.15. The van der Waals surface area contributed by atoms with Gasteiger partial charge in [-0.25, -0.2) is 4.79 Å². The van der Waals surface area contributed by atoms with Crippen molar-refractivity contribution in [3.05, 3.63) is 40.4 Å². The average molecular weight is 248 g/mol. The van der Waals surface area contributed by atoms with E-state index >= 15 is 0 Å². The second kappa shape index (κ2) is 5.97. The fourth-order valence-electron chi connectivity index (χ4n) is 1.25. The van der Waals surface area contributed by atoms with Gasteiger partial charge in [-0.05, 0) is 24.8 Å². The van der Waals surface area contributed by atoms with Gasteiger partial charge in [0, 0.05) is 5.69 Å². The topological polar surface area (TPSA) is 73.1 Å². The molecule has 1 aromatic rings. The molecule has 0 amide bonds. The van der Waals surface area contributed by atoms with Crippen LogP contribution < -0.4 is 5.32 Å². The number of nitriles is 1. The molecule has 0 aliphatic carbocycles. The zero-order chi connectivity index (χ0) is 12.8. The summed E-state index contributed by atoms with van der Waals surface area (Å²) in [5.74, 6) is -1.22. The molecule has 0 aliphatic rings. The summed E-state index contributed by atoms with van der Waals surface area (Å²) in [4.78, 5) is 10.9. The predicted octanol–water partition coefficient (Wildman–Crippen LogP) is 2.59. The van der Waals surface area contributed by atoms with Gasteiger partial charge in [0.1, 0.15) is 6.07 Å². The number of carbonyl (C=O) groups is 1. The molecule has 88 valence electrons. The Morgan fingerprint density at radius 1 is 1.47 bits per heavy atom. The van der Waals surface area contributed by atoms with Crippen molar-refractivity contribution in [1.82, 2.24) is 0 Å². The van der Waals surface area contributed by atoms with Crippen LogP contribution in [0, 0.1) is 18.3 Å². The molecule has 4 nitrogen and oxygen atoms in total. The summed E-state index contributed by atoms with van der Waals surface area (Å²) in [6.07, 6.45) is 1.72. The first-order valence-electron chi connectivity index (χ1n) is 4.84. The van der Waals surface area contributed by atoms with Crippen LogP contribution in [0.1, 0.15) is 5.56 Å². The highest BCUT2D eigenvalue weighted by atomic mass is 32.2. The number of nitrogens with one attached hydrogen (secondary N) is 1. The SMILES string of the molecule is CS/C(Nc1ccccc1C)=C(/C#N)C(=O)O. The van der Waals surface area contributed by atoms with Crippen molar-refractivity contribution in [3.63, 3.8) is 0 Å². The second-order valence-corrected chi connectivity index (χ2v) is 4.08. The van der Waals surface area contributed by atoms with Gasteiger partial charge >= 0.3 is 5.97 Å². The van der Waals surface area contributed by atoms with E-state index in [4.69, 9.17) is 10.4 Å². The van der Waals surface area contributed by atoms with Gasteiger partial charge in [0.15, 0.2) is 5.57 Å². The third-order valence-corrected chi connectivity index (χ3v) is 2.86. The van der Waals surface area contributed by atoms with E-state index in [2.05, 4.69) is 5.32 Å².